The van der Waals surface area contributed by atoms with Crippen molar-refractivity contribution >= 4 is 5.91 Å². The van der Waals surface area contributed by atoms with E-state index in [1.54, 1.807) is 6.07 Å². The molecule has 1 saturated heterocycles. The Morgan fingerprint density at radius 1 is 1.26 bits per heavy atom. The van der Waals surface area contributed by atoms with Crippen LogP contribution < -0.4 is 15.4 Å². The lowest BCUT2D eigenvalue weighted by atomic mass is 9.92. The number of carbonyl (C=O) groups excluding carboxylic acids is 1. The molecule has 7 heteroatoms. The summed E-state index contributed by atoms with van der Waals surface area (Å²) in [5, 5.41) is 6.52. The van der Waals surface area contributed by atoms with Crippen LogP contribution in [0.4, 0.5) is 4.39 Å². The van der Waals surface area contributed by atoms with Crippen molar-refractivity contribution in [3.63, 3.8) is 0 Å². The van der Waals surface area contributed by atoms with Gasteiger partial charge in [0.25, 0.3) is 5.91 Å². The van der Waals surface area contributed by atoms with Crippen molar-refractivity contribution in [1.29, 1.82) is 0 Å². The van der Waals surface area contributed by atoms with Crippen molar-refractivity contribution in [3.8, 4) is 5.75 Å². The van der Waals surface area contributed by atoms with E-state index >= 15 is 0 Å². The molecule has 0 spiro atoms. The van der Waals surface area contributed by atoms with Gasteiger partial charge >= 0.3 is 0 Å². The summed E-state index contributed by atoms with van der Waals surface area (Å²) < 4.78 is 24.6. The summed E-state index contributed by atoms with van der Waals surface area (Å²) in [6.45, 7) is 8.19. The second-order valence-corrected chi connectivity index (χ2v) is 8.62. The largest absolute Gasteiger partial charge is 0.494 e. The molecule has 1 amide bonds. The topological polar surface area (TPSA) is 62.8 Å². The molecule has 2 N–H and O–H groups in total. The summed E-state index contributed by atoms with van der Waals surface area (Å²) in [6, 6.07) is 14.2. The summed E-state index contributed by atoms with van der Waals surface area (Å²) in [5.41, 5.74) is 1.38. The average molecular weight is 430 g/mol. The third-order valence-corrected chi connectivity index (χ3v) is 5.39. The Hall–Kier alpha value is -2.48. The molecule has 0 saturated carbocycles. The van der Waals surface area contributed by atoms with Crippen molar-refractivity contribution in [2.75, 3.05) is 40.0 Å². The average Bonchev–Trinajstić information content (AvgIpc) is 2.77. The number of benzene rings is 2. The van der Waals surface area contributed by atoms with E-state index in [1.165, 1.54) is 13.2 Å². The Morgan fingerprint density at radius 3 is 2.74 bits per heavy atom. The van der Waals surface area contributed by atoms with Gasteiger partial charge in [-0.05, 0) is 35.2 Å². The highest BCUT2D eigenvalue weighted by Crippen LogP contribution is 2.20. The predicted octanol–water partition coefficient (Wildman–Crippen LogP) is 3.04. The minimum atomic E-state index is -0.367. The molecule has 1 aliphatic rings. The molecular formula is C24H32FN3O3. The minimum absolute atomic E-state index is 0.0167. The number of morpholine rings is 1. The molecule has 168 valence electrons. The quantitative estimate of drug-likeness (QED) is 0.642. The summed E-state index contributed by atoms with van der Waals surface area (Å²) in [7, 11) is 1.46. The molecule has 31 heavy (non-hydrogen) atoms. The maximum absolute atomic E-state index is 14.0. The van der Waals surface area contributed by atoms with E-state index in [0.29, 0.717) is 31.9 Å². The van der Waals surface area contributed by atoms with Crippen molar-refractivity contribution < 1.29 is 18.7 Å². The first-order chi connectivity index (χ1) is 14.9. The standard InChI is InChI=1S/C24H32FN3O3/c1-24(2,16-27-23(29)19-7-5-4-6-8-19)17-28-11-12-31-15-22(28)26-14-18-9-10-21(30-3)20(25)13-18/h4-10,13,22,26H,11-12,14-17H2,1-3H3,(H,27,29). The van der Waals surface area contributed by atoms with Crippen LogP contribution in [0.5, 0.6) is 5.75 Å². The highest BCUT2D eigenvalue weighted by atomic mass is 19.1. The maximum atomic E-state index is 14.0. The molecule has 0 aliphatic carbocycles. The fourth-order valence-corrected chi connectivity index (χ4v) is 3.69. The van der Waals surface area contributed by atoms with Crippen molar-refractivity contribution in [1.82, 2.24) is 15.5 Å². The zero-order chi connectivity index (χ0) is 22.3. The van der Waals surface area contributed by atoms with Crippen LogP contribution in [-0.4, -0.2) is 56.9 Å². The number of ether oxygens (including phenoxy) is 2. The van der Waals surface area contributed by atoms with Crippen LogP contribution in [0.3, 0.4) is 0 Å². The number of rotatable bonds is 9. The molecule has 0 bridgehead atoms. The van der Waals surface area contributed by atoms with Gasteiger partial charge in [0.1, 0.15) is 0 Å². The molecule has 1 heterocycles. The lowest BCUT2D eigenvalue weighted by Gasteiger charge is -2.40. The van der Waals surface area contributed by atoms with E-state index < -0.39 is 0 Å². The predicted molar refractivity (Wildman–Crippen MR) is 119 cm³/mol. The van der Waals surface area contributed by atoms with Gasteiger partial charge in [-0.3, -0.25) is 15.0 Å². The monoisotopic (exact) mass is 429 g/mol. The molecule has 6 nitrogen and oxygen atoms in total. The summed E-state index contributed by atoms with van der Waals surface area (Å²) >= 11 is 0. The van der Waals surface area contributed by atoms with E-state index in [4.69, 9.17) is 9.47 Å². The summed E-state index contributed by atoms with van der Waals surface area (Å²) in [6.07, 6.45) is 0.0167. The summed E-state index contributed by atoms with van der Waals surface area (Å²) in [5.74, 6) is -0.189. The number of hydrogen-bond donors (Lipinski definition) is 2. The van der Waals surface area contributed by atoms with Crippen LogP contribution in [0.15, 0.2) is 48.5 Å². The Kier molecular flexibility index (Phi) is 8.01. The van der Waals surface area contributed by atoms with Gasteiger partial charge in [-0.25, -0.2) is 4.39 Å². The molecule has 2 aromatic carbocycles. The van der Waals surface area contributed by atoms with Gasteiger partial charge in [0.05, 0.1) is 26.5 Å². The molecule has 3 rings (SSSR count). The number of amides is 1. The van der Waals surface area contributed by atoms with Gasteiger partial charge in [0.2, 0.25) is 0 Å². The third-order valence-electron chi connectivity index (χ3n) is 5.39. The van der Waals surface area contributed by atoms with Crippen molar-refractivity contribution in [2.24, 2.45) is 5.41 Å². The smallest absolute Gasteiger partial charge is 0.251 e. The van der Waals surface area contributed by atoms with Crippen LogP contribution in [0.1, 0.15) is 29.8 Å². The SMILES string of the molecule is COc1ccc(CNC2COCCN2CC(C)(C)CNC(=O)c2ccccc2)cc1F. The fourth-order valence-electron chi connectivity index (χ4n) is 3.69. The van der Waals surface area contributed by atoms with Gasteiger partial charge < -0.3 is 14.8 Å². The molecule has 1 atom stereocenters. The molecule has 2 aromatic rings. The van der Waals surface area contributed by atoms with E-state index in [0.717, 1.165) is 18.7 Å². The highest BCUT2D eigenvalue weighted by Gasteiger charge is 2.29. The van der Waals surface area contributed by atoms with Crippen LogP contribution in [0.2, 0.25) is 0 Å². The third kappa shape index (κ3) is 6.75. The molecule has 1 unspecified atom stereocenters. The first-order valence-corrected chi connectivity index (χ1v) is 10.6. The Labute approximate surface area is 183 Å². The lowest BCUT2D eigenvalue weighted by molar-refractivity contribution is -0.0354. The minimum Gasteiger partial charge on any atom is -0.494 e. The fraction of sp³-hybridized carbons (Fsp3) is 0.458. The van der Waals surface area contributed by atoms with E-state index in [2.05, 4.69) is 29.4 Å². The number of carbonyl (C=O) groups is 1. The second kappa shape index (κ2) is 10.7. The molecule has 1 fully saturated rings. The number of nitrogens with zero attached hydrogens (tertiary/aromatic N) is 1. The molecule has 0 radical (unpaired) electrons. The van der Waals surface area contributed by atoms with Gasteiger partial charge in [0, 0.05) is 31.7 Å². The number of halogens is 1. The molecule has 0 aromatic heterocycles. The van der Waals surface area contributed by atoms with Crippen molar-refractivity contribution in [3.05, 3.63) is 65.5 Å². The van der Waals surface area contributed by atoms with Gasteiger partial charge in [-0.15, -0.1) is 0 Å². The normalized spacial score (nSPS) is 17.4. The molecule has 1 aliphatic heterocycles. The highest BCUT2D eigenvalue weighted by molar-refractivity contribution is 5.94. The Bertz CT molecular complexity index is 860. The van der Waals surface area contributed by atoms with E-state index in [1.807, 2.05) is 36.4 Å². The second-order valence-electron chi connectivity index (χ2n) is 8.62. The maximum Gasteiger partial charge on any atom is 0.251 e. The zero-order valence-electron chi connectivity index (χ0n) is 18.5. The molecular weight excluding hydrogens is 397 g/mol. The Morgan fingerprint density at radius 2 is 2.03 bits per heavy atom. The van der Waals surface area contributed by atoms with Crippen LogP contribution in [-0.2, 0) is 11.3 Å². The van der Waals surface area contributed by atoms with Crippen molar-refractivity contribution in [2.45, 2.75) is 26.6 Å². The lowest BCUT2D eigenvalue weighted by Crippen LogP contribution is -2.56. The number of nitrogens with one attached hydrogen (secondary N) is 2. The first-order valence-electron chi connectivity index (χ1n) is 10.6. The first kappa shape index (κ1) is 23.2. The zero-order valence-corrected chi connectivity index (χ0v) is 18.5. The van der Waals surface area contributed by atoms with Gasteiger partial charge in [0.15, 0.2) is 11.6 Å². The van der Waals surface area contributed by atoms with Crippen LogP contribution in [0.25, 0.3) is 0 Å². The van der Waals surface area contributed by atoms with Crippen LogP contribution >= 0.6 is 0 Å². The Balaban J connectivity index is 1.54. The van der Waals surface area contributed by atoms with E-state index in [-0.39, 0.29) is 29.1 Å². The van der Waals surface area contributed by atoms with Crippen LogP contribution in [0, 0.1) is 11.2 Å². The van der Waals surface area contributed by atoms with E-state index in [9.17, 15) is 9.18 Å². The number of methoxy groups -OCH3 is 1. The summed E-state index contributed by atoms with van der Waals surface area (Å²) in [4.78, 5) is 14.7. The van der Waals surface area contributed by atoms with Gasteiger partial charge in [-0.2, -0.15) is 0 Å². The van der Waals surface area contributed by atoms with Gasteiger partial charge in [-0.1, -0.05) is 38.1 Å². The number of hydrogen-bond acceptors (Lipinski definition) is 5.